The summed E-state index contributed by atoms with van der Waals surface area (Å²) in [6.07, 6.45) is 3.23. The van der Waals surface area contributed by atoms with Crippen LogP contribution in [0.5, 0.6) is 0 Å². The van der Waals surface area contributed by atoms with Crippen LogP contribution in [-0.2, 0) is 6.54 Å². The lowest BCUT2D eigenvalue weighted by molar-refractivity contribution is 0.729. The van der Waals surface area contributed by atoms with Crippen molar-refractivity contribution in [3.63, 3.8) is 0 Å². The number of rotatable bonds is 3. The van der Waals surface area contributed by atoms with Crippen molar-refractivity contribution in [2.45, 2.75) is 13.5 Å². The Morgan fingerprint density at radius 2 is 2.46 bits per heavy atom. The first kappa shape index (κ1) is 9.99. The molecule has 0 unspecified atom stereocenters. The van der Waals surface area contributed by atoms with Gasteiger partial charge in [0.05, 0.1) is 0 Å². The predicted octanol–water partition coefficient (Wildman–Crippen LogP) is 1.35. The highest BCUT2D eigenvalue weighted by molar-refractivity contribution is 6.19. The van der Waals surface area contributed by atoms with Crippen LogP contribution in [0, 0.1) is 6.92 Å². The molecule has 1 rings (SSSR count). The number of aromatic nitrogens is 2. The molecule has 70 valence electrons. The van der Waals surface area contributed by atoms with E-state index < -0.39 is 0 Å². The van der Waals surface area contributed by atoms with Crippen molar-refractivity contribution < 1.29 is 0 Å². The SMILES string of the molecule is C=C(CCl)Cn1ccnc(C)c1=O. The number of aryl methyl sites for hydroxylation is 1. The van der Waals surface area contributed by atoms with E-state index in [9.17, 15) is 4.79 Å². The molecule has 13 heavy (non-hydrogen) atoms. The summed E-state index contributed by atoms with van der Waals surface area (Å²) in [6.45, 7) is 5.87. The number of halogens is 1. The summed E-state index contributed by atoms with van der Waals surface area (Å²) in [4.78, 5) is 15.3. The Kier molecular flexibility index (Phi) is 3.25. The van der Waals surface area contributed by atoms with Crippen LogP contribution in [0.2, 0.25) is 0 Å². The lowest BCUT2D eigenvalue weighted by Gasteiger charge is -2.05. The maximum atomic E-state index is 11.4. The van der Waals surface area contributed by atoms with Crippen LogP contribution in [0.25, 0.3) is 0 Å². The van der Waals surface area contributed by atoms with E-state index in [0.29, 0.717) is 18.1 Å². The van der Waals surface area contributed by atoms with Gasteiger partial charge in [-0.05, 0) is 12.5 Å². The molecule has 0 aliphatic heterocycles. The summed E-state index contributed by atoms with van der Waals surface area (Å²) >= 11 is 5.56. The minimum absolute atomic E-state index is 0.0891. The largest absolute Gasteiger partial charge is 0.308 e. The zero-order valence-electron chi connectivity index (χ0n) is 7.46. The fourth-order valence-corrected chi connectivity index (χ4v) is 1.05. The van der Waals surface area contributed by atoms with Crippen molar-refractivity contribution in [2.75, 3.05) is 5.88 Å². The standard InChI is InChI=1S/C9H11ClN2O/c1-7(5-10)6-12-4-3-11-8(2)9(12)13/h3-4H,1,5-6H2,2H3. The zero-order valence-corrected chi connectivity index (χ0v) is 8.21. The summed E-state index contributed by atoms with van der Waals surface area (Å²) in [5.74, 6) is 0.369. The first-order valence-electron chi connectivity index (χ1n) is 3.90. The summed E-state index contributed by atoms with van der Waals surface area (Å²) in [5.41, 5.74) is 1.22. The van der Waals surface area contributed by atoms with Gasteiger partial charge in [-0.3, -0.25) is 9.78 Å². The average Bonchev–Trinajstić information content (AvgIpc) is 2.13. The Morgan fingerprint density at radius 3 is 3.08 bits per heavy atom. The number of allylic oxidation sites excluding steroid dienone is 1. The Balaban J connectivity index is 2.96. The molecule has 0 aliphatic rings. The maximum absolute atomic E-state index is 11.4. The van der Waals surface area contributed by atoms with Crippen molar-refractivity contribution in [3.05, 3.63) is 40.6 Å². The minimum Gasteiger partial charge on any atom is -0.308 e. The number of hydrogen-bond donors (Lipinski definition) is 0. The van der Waals surface area contributed by atoms with Crippen LogP contribution in [-0.4, -0.2) is 15.4 Å². The van der Waals surface area contributed by atoms with Gasteiger partial charge in [0.25, 0.3) is 5.56 Å². The molecule has 0 spiro atoms. The summed E-state index contributed by atoms with van der Waals surface area (Å²) in [7, 11) is 0. The Morgan fingerprint density at radius 1 is 1.77 bits per heavy atom. The van der Waals surface area contributed by atoms with Crippen LogP contribution >= 0.6 is 11.6 Å². The van der Waals surface area contributed by atoms with Gasteiger partial charge in [-0.1, -0.05) is 6.58 Å². The second kappa shape index (κ2) is 4.23. The second-order valence-corrected chi connectivity index (χ2v) is 3.10. The molecule has 0 radical (unpaired) electrons. The molecule has 0 saturated carbocycles. The molecule has 0 bridgehead atoms. The number of nitrogens with zero attached hydrogens (tertiary/aromatic N) is 2. The predicted molar refractivity (Wildman–Crippen MR) is 53.1 cm³/mol. The Bertz CT molecular complexity index is 370. The average molecular weight is 199 g/mol. The van der Waals surface area contributed by atoms with Gasteiger partial charge >= 0.3 is 0 Å². The van der Waals surface area contributed by atoms with Gasteiger partial charge in [0, 0.05) is 24.8 Å². The lowest BCUT2D eigenvalue weighted by Crippen LogP contribution is -2.23. The van der Waals surface area contributed by atoms with E-state index in [1.54, 1.807) is 23.9 Å². The molecule has 4 heteroatoms. The second-order valence-electron chi connectivity index (χ2n) is 2.83. The van der Waals surface area contributed by atoms with E-state index in [-0.39, 0.29) is 5.56 Å². The van der Waals surface area contributed by atoms with Crippen molar-refractivity contribution in [2.24, 2.45) is 0 Å². The van der Waals surface area contributed by atoms with E-state index in [1.807, 2.05) is 0 Å². The fourth-order valence-electron chi connectivity index (χ4n) is 0.964. The number of hydrogen-bond acceptors (Lipinski definition) is 2. The molecular formula is C9H11ClN2O. The number of alkyl halides is 1. The van der Waals surface area contributed by atoms with Crippen LogP contribution in [0.3, 0.4) is 0 Å². The normalized spacial score (nSPS) is 10.0. The van der Waals surface area contributed by atoms with Crippen LogP contribution in [0.1, 0.15) is 5.69 Å². The van der Waals surface area contributed by atoms with E-state index in [1.165, 1.54) is 0 Å². The van der Waals surface area contributed by atoms with E-state index in [2.05, 4.69) is 11.6 Å². The van der Waals surface area contributed by atoms with Gasteiger partial charge in [-0.2, -0.15) is 0 Å². The Labute approximate surface area is 81.7 Å². The molecule has 1 aromatic heterocycles. The summed E-state index contributed by atoms with van der Waals surface area (Å²) in [6, 6.07) is 0. The highest BCUT2D eigenvalue weighted by Gasteiger charge is 2.00. The molecule has 0 atom stereocenters. The maximum Gasteiger partial charge on any atom is 0.272 e. The molecule has 0 fully saturated rings. The summed E-state index contributed by atoms with van der Waals surface area (Å²) in [5, 5.41) is 0. The molecule has 3 nitrogen and oxygen atoms in total. The van der Waals surface area contributed by atoms with Gasteiger partial charge in [-0.25, -0.2) is 0 Å². The first-order chi connectivity index (χ1) is 6.15. The van der Waals surface area contributed by atoms with Crippen molar-refractivity contribution in [1.82, 2.24) is 9.55 Å². The molecule has 0 amide bonds. The fraction of sp³-hybridized carbons (Fsp3) is 0.333. The monoisotopic (exact) mass is 198 g/mol. The molecular weight excluding hydrogens is 188 g/mol. The lowest BCUT2D eigenvalue weighted by atomic mass is 10.3. The minimum atomic E-state index is -0.0891. The van der Waals surface area contributed by atoms with E-state index in [0.717, 1.165) is 5.57 Å². The Hall–Kier alpha value is -1.09. The topological polar surface area (TPSA) is 34.9 Å². The third-order valence-electron chi connectivity index (χ3n) is 1.67. The van der Waals surface area contributed by atoms with Gasteiger partial charge in [-0.15, -0.1) is 11.6 Å². The van der Waals surface area contributed by atoms with Crippen molar-refractivity contribution >= 4 is 11.6 Å². The van der Waals surface area contributed by atoms with Crippen molar-refractivity contribution in [1.29, 1.82) is 0 Å². The third kappa shape index (κ3) is 2.42. The highest BCUT2D eigenvalue weighted by atomic mass is 35.5. The molecule has 1 heterocycles. The highest BCUT2D eigenvalue weighted by Crippen LogP contribution is 1.96. The molecule has 0 aliphatic carbocycles. The molecule has 0 saturated heterocycles. The summed E-state index contributed by atoms with van der Waals surface area (Å²) < 4.78 is 1.55. The van der Waals surface area contributed by atoms with Crippen LogP contribution in [0.15, 0.2) is 29.3 Å². The van der Waals surface area contributed by atoms with E-state index in [4.69, 9.17) is 11.6 Å². The quantitative estimate of drug-likeness (QED) is 0.543. The first-order valence-corrected chi connectivity index (χ1v) is 4.43. The van der Waals surface area contributed by atoms with E-state index >= 15 is 0 Å². The van der Waals surface area contributed by atoms with Crippen molar-refractivity contribution in [3.8, 4) is 0 Å². The van der Waals surface area contributed by atoms with Crippen LogP contribution in [0.4, 0.5) is 0 Å². The van der Waals surface area contributed by atoms with Gasteiger partial charge in [0.1, 0.15) is 5.69 Å². The third-order valence-corrected chi connectivity index (χ3v) is 2.05. The molecule has 0 N–H and O–H groups in total. The zero-order chi connectivity index (χ0) is 9.84. The molecule has 1 aromatic rings. The smallest absolute Gasteiger partial charge is 0.272 e. The van der Waals surface area contributed by atoms with Crippen LogP contribution < -0.4 is 5.56 Å². The van der Waals surface area contributed by atoms with Gasteiger partial charge < -0.3 is 4.57 Å². The van der Waals surface area contributed by atoms with Gasteiger partial charge in [0.2, 0.25) is 0 Å². The van der Waals surface area contributed by atoms with Gasteiger partial charge in [0.15, 0.2) is 0 Å². The molecule has 0 aromatic carbocycles.